The van der Waals surface area contributed by atoms with Gasteiger partial charge in [-0.2, -0.15) is 13.2 Å². The van der Waals surface area contributed by atoms with Crippen molar-refractivity contribution in [2.75, 3.05) is 31.1 Å². The number of nitrogens with zero attached hydrogens (tertiary/aromatic N) is 4. The van der Waals surface area contributed by atoms with E-state index in [1.54, 1.807) is 22.9 Å². The number of hydrogen-bond acceptors (Lipinski definition) is 5. The van der Waals surface area contributed by atoms with E-state index in [2.05, 4.69) is 10.3 Å². The van der Waals surface area contributed by atoms with E-state index in [1.807, 2.05) is 17.9 Å². The van der Waals surface area contributed by atoms with E-state index in [-0.39, 0.29) is 36.0 Å². The molecular weight excluding hydrogens is 538 g/mol. The lowest BCUT2D eigenvalue weighted by Gasteiger charge is -2.23. The number of ether oxygens (including phenoxy) is 1. The number of piperidine rings is 1. The summed E-state index contributed by atoms with van der Waals surface area (Å²) in [4.78, 5) is 20.5. The molecule has 2 aliphatic rings. The highest BCUT2D eigenvalue weighted by atomic mass is 19.4. The molecule has 2 aromatic carbocycles. The monoisotopic (exact) mass is 569 g/mol. The normalized spacial score (nSPS) is 18.4. The molecule has 0 radical (unpaired) electrons. The van der Waals surface area contributed by atoms with Crippen LogP contribution in [0.2, 0.25) is 0 Å². The average Bonchev–Trinajstić information content (AvgIpc) is 3.52. The molecule has 0 aliphatic carbocycles. The van der Waals surface area contributed by atoms with Crippen LogP contribution in [0.5, 0.6) is 5.88 Å². The summed E-state index contributed by atoms with van der Waals surface area (Å²) < 4.78 is 65.8. The highest BCUT2D eigenvalue weighted by Crippen LogP contribution is 2.36. The smallest absolute Gasteiger partial charge is 0.416 e. The van der Waals surface area contributed by atoms with Gasteiger partial charge in [-0.15, -0.1) is 0 Å². The average molecular weight is 570 g/mol. The summed E-state index contributed by atoms with van der Waals surface area (Å²) in [5.41, 5.74) is 0.947. The van der Waals surface area contributed by atoms with Crippen molar-refractivity contribution in [1.82, 2.24) is 19.4 Å². The number of rotatable bonds is 6. The van der Waals surface area contributed by atoms with Crippen LogP contribution in [0.3, 0.4) is 0 Å². The van der Waals surface area contributed by atoms with E-state index in [0.29, 0.717) is 36.2 Å². The number of fused-ring (bicyclic) bond motifs is 1. The standard InChI is InChI=1S/C30H31F4N5O2/c1-19-5-4-8-24(31)26(19)37-16-12-21(18-37)39-25-11-15-36-28(41-22-9-13-35-14-10-22)27(25)38(29(39)40)17-20-6-2-3-7-23(20)30(32,33)34/h2-8,11,15,21-22,35H,9-10,12-14,16-18H2,1H3. The third-order valence-corrected chi connectivity index (χ3v) is 8.08. The maximum atomic E-state index is 14.8. The van der Waals surface area contributed by atoms with Crippen LogP contribution in [-0.2, 0) is 12.7 Å². The van der Waals surface area contributed by atoms with E-state index in [9.17, 15) is 22.4 Å². The van der Waals surface area contributed by atoms with Gasteiger partial charge in [0.25, 0.3) is 0 Å². The maximum Gasteiger partial charge on any atom is 0.416 e. The molecule has 2 aromatic heterocycles. The molecule has 4 heterocycles. The quantitative estimate of drug-likeness (QED) is 0.320. The molecule has 0 amide bonds. The second kappa shape index (κ2) is 10.8. The minimum absolute atomic E-state index is 0.0205. The number of benzene rings is 2. The third kappa shape index (κ3) is 5.18. The molecule has 7 nitrogen and oxygen atoms in total. The highest BCUT2D eigenvalue weighted by molar-refractivity contribution is 5.81. The molecular formula is C30H31F4N5O2. The summed E-state index contributed by atoms with van der Waals surface area (Å²) in [6.45, 7) is 4.02. The topological polar surface area (TPSA) is 64.3 Å². The largest absolute Gasteiger partial charge is 0.473 e. The Morgan fingerprint density at radius 3 is 2.59 bits per heavy atom. The first-order chi connectivity index (χ1) is 19.7. The van der Waals surface area contributed by atoms with Gasteiger partial charge in [0.05, 0.1) is 29.4 Å². The molecule has 0 spiro atoms. The minimum atomic E-state index is -4.57. The Balaban J connectivity index is 1.46. The van der Waals surface area contributed by atoms with Gasteiger partial charge in [-0.1, -0.05) is 30.3 Å². The fraction of sp³-hybridized carbons (Fsp3) is 0.400. The maximum absolute atomic E-state index is 14.8. The van der Waals surface area contributed by atoms with E-state index in [4.69, 9.17) is 4.74 Å². The molecule has 41 heavy (non-hydrogen) atoms. The molecule has 1 unspecified atom stereocenters. The molecule has 0 bridgehead atoms. The van der Waals surface area contributed by atoms with Gasteiger partial charge in [0.1, 0.15) is 17.4 Å². The van der Waals surface area contributed by atoms with Crippen LogP contribution in [0.4, 0.5) is 23.2 Å². The fourth-order valence-corrected chi connectivity index (χ4v) is 6.14. The van der Waals surface area contributed by atoms with Crippen molar-refractivity contribution >= 4 is 16.7 Å². The number of pyridine rings is 1. The third-order valence-electron chi connectivity index (χ3n) is 8.08. The number of alkyl halides is 3. The van der Waals surface area contributed by atoms with Crippen molar-refractivity contribution in [3.63, 3.8) is 0 Å². The molecule has 0 saturated carbocycles. The molecule has 6 rings (SSSR count). The lowest BCUT2D eigenvalue weighted by atomic mass is 10.1. The Morgan fingerprint density at radius 2 is 1.83 bits per heavy atom. The first-order valence-corrected chi connectivity index (χ1v) is 13.8. The van der Waals surface area contributed by atoms with Gasteiger partial charge in [-0.05, 0) is 68.6 Å². The van der Waals surface area contributed by atoms with E-state index < -0.39 is 17.4 Å². The van der Waals surface area contributed by atoms with Crippen LogP contribution in [-0.4, -0.2) is 46.4 Å². The zero-order valence-corrected chi connectivity index (χ0v) is 22.6. The number of imidazole rings is 1. The zero-order chi connectivity index (χ0) is 28.7. The van der Waals surface area contributed by atoms with Gasteiger partial charge < -0.3 is 15.0 Å². The number of aromatic nitrogens is 3. The van der Waals surface area contributed by atoms with Crippen molar-refractivity contribution in [2.24, 2.45) is 0 Å². The van der Waals surface area contributed by atoms with Crippen LogP contribution in [0.25, 0.3) is 11.0 Å². The second-order valence-corrected chi connectivity index (χ2v) is 10.7. The Morgan fingerprint density at radius 1 is 1.05 bits per heavy atom. The molecule has 2 fully saturated rings. The molecule has 1 N–H and O–H groups in total. The lowest BCUT2D eigenvalue weighted by molar-refractivity contribution is -0.138. The number of nitrogens with one attached hydrogen (secondary N) is 1. The van der Waals surface area contributed by atoms with Gasteiger partial charge in [-0.3, -0.25) is 9.13 Å². The molecule has 2 saturated heterocycles. The Bertz CT molecular complexity index is 1600. The lowest BCUT2D eigenvalue weighted by Crippen LogP contribution is -2.34. The summed E-state index contributed by atoms with van der Waals surface area (Å²) in [6.07, 6.45) is -1.07. The van der Waals surface area contributed by atoms with Crippen LogP contribution in [0.15, 0.2) is 59.5 Å². The Hall–Kier alpha value is -3.86. The molecule has 11 heteroatoms. The summed E-state index contributed by atoms with van der Waals surface area (Å²) in [6, 6.07) is 11.6. The van der Waals surface area contributed by atoms with Crippen LogP contribution in [0, 0.1) is 12.7 Å². The summed E-state index contributed by atoms with van der Waals surface area (Å²) in [5, 5.41) is 3.28. The first-order valence-electron chi connectivity index (χ1n) is 13.8. The van der Waals surface area contributed by atoms with Crippen LogP contribution in [0.1, 0.15) is 42.0 Å². The van der Waals surface area contributed by atoms with Crippen molar-refractivity contribution in [2.45, 2.75) is 51.1 Å². The van der Waals surface area contributed by atoms with Crippen LogP contribution >= 0.6 is 0 Å². The van der Waals surface area contributed by atoms with Crippen LogP contribution < -0.4 is 20.6 Å². The SMILES string of the molecule is Cc1cccc(F)c1N1CCC(n2c(=O)n(Cc3ccccc3C(F)(F)F)c3c(OC4CCNCC4)nccc32)C1. The van der Waals surface area contributed by atoms with E-state index in [1.165, 1.54) is 28.8 Å². The first kappa shape index (κ1) is 27.3. The molecule has 2 aliphatic heterocycles. The summed E-state index contributed by atoms with van der Waals surface area (Å²) in [5.74, 6) is -0.0967. The van der Waals surface area contributed by atoms with Crippen molar-refractivity contribution in [3.05, 3.63) is 87.7 Å². The summed E-state index contributed by atoms with van der Waals surface area (Å²) >= 11 is 0. The van der Waals surface area contributed by atoms with E-state index >= 15 is 0 Å². The number of hydrogen-bond donors (Lipinski definition) is 1. The predicted octanol–water partition coefficient (Wildman–Crippen LogP) is 5.29. The van der Waals surface area contributed by atoms with Gasteiger partial charge >= 0.3 is 11.9 Å². The Kier molecular flexibility index (Phi) is 7.23. The van der Waals surface area contributed by atoms with Crippen molar-refractivity contribution in [1.29, 1.82) is 0 Å². The van der Waals surface area contributed by atoms with Crippen molar-refractivity contribution in [3.8, 4) is 5.88 Å². The van der Waals surface area contributed by atoms with Gasteiger partial charge in [0.15, 0.2) is 0 Å². The number of aryl methyl sites for hydroxylation is 1. The minimum Gasteiger partial charge on any atom is -0.473 e. The Labute approximate surface area is 234 Å². The zero-order valence-electron chi connectivity index (χ0n) is 22.6. The van der Waals surface area contributed by atoms with Crippen molar-refractivity contribution < 1.29 is 22.3 Å². The van der Waals surface area contributed by atoms with Gasteiger partial charge in [0, 0.05) is 19.3 Å². The fourth-order valence-electron chi connectivity index (χ4n) is 6.14. The van der Waals surface area contributed by atoms with E-state index in [0.717, 1.165) is 37.6 Å². The molecule has 1 atom stereocenters. The number of para-hydroxylation sites is 1. The highest BCUT2D eigenvalue weighted by Gasteiger charge is 2.35. The van der Waals surface area contributed by atoms with Gasteiger partial charge in [-0.25, -0.2) is 14.2 Å². The van der Waals surface area contributed by atoms with Gasteiger partial charge in [0.2, 0.25) is 5.88 Å². The number of halogens is 4. The number of anilines is 1. The summed E-state index contributed by atoms with van der Waals surface area (Å²) in [7, 11) is 0. The predicted molar refractivity (Wildman–Crippen MR) is 148 cm³/mol. The second-order valence-electron chi connectivity index (χ2n) is 10.7. The molecule has 4 aromatic rings. The molecule has 216 valence electrons.